The number of nitrogens with zero attached hydrogens (tertiary/aromatic N) is 1. The maximum absolute atomic E-state index is 5.34. The zero-order valence-corrected chi connectivity index (χ0v) is 10.3. The molecule has 16 heavy (non-hydrogen) atoms. The van der Waals surface area contributed by atoms with Crippen LogP contribution in [0, 0.1) is 6.92 Å². The van der Waals surface area contributed by atoms with Crippen LogP contribution in [0.2, 0.25) is 0 Å². The number of benzene rings is 1. The third-order valence-corrected chi connectivity index (χ3v) is 2.45. The predicted octanol–water partition coefficient (Wildman–Crippen LogP) is 1.40. The average molecular weight is 222 g/mol. The van der Waals surface area contributed by atoms with E-state index in [-0.39, 0.29) is 0 Å². The summed E-state index contributed by atoms with van der Waals surface area (Å²) in [6, 6.07) is 8.64. The summed E-state index contributed by atoms with van der Waals surface area (Å²) in [5.41, 5.74) is 7.99. The maximum Gasteiger partial charge on any atom is 0.0594 e. The highest BCUT2D eigenvalue weighted by atomic mass is 16.5. The second kappa shape index (κ2) is 7.39. The van der Waals surface area contributed by atoms with Crippen molar-refractivity contribution in [3.63, 3.8) is 0 Å². The number of nitrogens with two attached hydrogens (primary N) is 1. The van der Waals surface area contributed by atoms with Crippen molar-refractivity contribution in [2.45, 2.75) is 13.5 Å². The molecule has 0 aliphatic heterocycles. The lowest BCUT2D eigenvalue weighted by atomic mass is 10.1. The third kappa shape index (κ3) is 5.26. The molecule has 0 saturated carbocycles. The molecule has 0 aromatic heterocycles. The lowest BCUT2D eigenvalue weighted by Crippen LogP contribution is -2.23. The van der Waals surface area contributed by atoms with Crippen LogP contribution in [0.5, 0.6) is 0 Å². The molecule has 0 amide bonds. The summed E-state index contributed by atoms with van der Waals surface area (Å²) >= 11 is 0. The van der Waals surface area contributed by atoms with Crippen molar-refractivity contribution in [2.24, 2.45) is 5.73 Å². The molecule has 1 rings (SSSR count). The first-order chi connectivity index (χ1) is 7.72. The molecular weight excluding hydrogens is 200 g/mol. The van der Waals surface area contributed by atoms with Crippen molar-refractivity contribution in [2.75, 3.05) is 33.4 Å². The quantitative estimate of drug-likeness (QED) is 0.709. The highest BCUT2D eigenvalue weighted by Crippen LogP contribution is 2.05. The Kier molecular flexibility index (Phi) is 6.08. The average Bonchev–Trinajstić information content (AvgIpc) is 2.28. The van der Waals surface area contributed by atoms with Crippen LogP contribution in [-0.2, 0) is 11.3 Å². The summed E-state index contributed by atoms with van der Waals surface area (Å²) < 4.78 is 5.34. The molecule has 3 nitrogen and oxygen atoms in total. The zero-order chi connectivity index (χ0) is 11.8. The predicted molar refractivity (Wildman–Crippen MR) is 67.4 cm³/mol. The molecule has 0 bridgehead atoms. The van der Waals surface area contributed by atoms with Gasteiger partial charge in [-0.25, -0.2) is 0 Å². The number of likely N-dealkylation sites (N-methyl/N-ethyl adjacent to an activating group) is 1. The molecule has 0 atom stereocenters. The fourth-order valence-corrected chi connectivity index (χ4v) is 1.49. The highest BCUT2D eigenvalue weighted by molar-refractivity contribution is 5.21. The topological polar surface area (TPSA) is 38.5 Å². The van der Waals surface area contributed by atoms with Crippen LogP contribution >= 0.6 is 0 Å². The third-order valence-electron chi connectivity index (χ3n) is 2.45. The minimum atomic E-state index is 0.599. The van der Waals surface area contributed by atoms with Crippen molar-refractivity contribution in [3.8, 4) is 0 Å². The lowest BCUT2D eigenvalue weighted by Gasteiger charge is -2.16. The van der Waals surface area contributed by atoms with Gasteiger partial charge in [-0.05, 0) is 19.5 Å². The van der Waals surface area contributed by atoms with Gasteiger partial charge < -0.3 is 10.5 Å². The van der Waals surface area contributed by atoms with Gasteiger partial charge >= 0.3 is 0 Å². The fourth-order valence-electron chi connectivity index (χ4n) is 1.49. The summed E-state index contributed by atoms with van der Waals surface area (Å²) in [6.45, 7) is 6.01. The summed E-state index contributed by atoms with van der Waals surface area (Å²) in [7, 11) is 2.10. The number of rotatable bonds is 7. The SMILES string of the molecule is Cc1ccc(CN(C)CCOCCN)cc1. The van der Waals surface area contributed by atoms with Gasteiger partial charge in [0.2, 0.25) is 0 Å². The van der Waals surface area contributed by atoms with Gasteiger partial charge in [0.1, 0.15) is 0 Å². The molecule has 1 aromatic rings. The smallest absolute Gasteiger partial charge is 0.0594 e. The van der Waals surface area contributed by atoms with E-state index in [4.69, 9.17) is 10.5 Å². The Labute approximate surface area is 98.2 Å². The highest BCUT2D eigenvalue weighted by Gasteiger charge is 1.99. The molecule has 0 saturated heterocycles. The van der Waals surface area contributed by atoms with E-state index in [2.05, 4.69) is 43.1 Å². The van der Waals surface area contributed by atoms with Gasteiger partial charge in [0.25, 0.3) is 0 Å². The molecule has 0 aliphatic carbocycles. The monoisotopic (exact) mass is 222 g/mol. The van der Waals surface area contributed by atoms with Crippen molar-refractivity contribution in [3.05, 3.63) is 35.4 Å². The van der Waals surface area contributed by atoms with E-state index in [1.165, 1.54) is 11.1 Å². The molecular formula is C13H22N2O. The van der Waals surface area contributed by atoms with E-state index in [1.54, 1.807) is 0 Å². The van der Waals surface area contributed by atoms with Gasteiger partial charge in [-0.1, -0.05) is 29.8 Å². The Bertz CT molecular complexity index is 284. The van der Waals surface area contributed by atoms with Crippen LogP contribution in [-0.4, -0.2) is 38.3 Å². The first-order valence-electron chi connectivity index (χ1n) is 5.74. The molecule has 0 heterocycles. The van der Waals surface area contributed by atoms with Crippen molar-refractivity contribution in [1.82, 2.24) is 4.90 Å². The van der Waals surface area contributed by atoms with Gasteiger partial charge in [-0.2, -0.15) is 0 Å². The van der Waals surface area contributed by atoms with Crippen LogP contribution in [0.3, 0.4) is 0 Å². The summed E-state index contributed by atoms with van der Waals surface area (Å²) in [5, 5.41) is 0. The first-order valence-corrected chi connectivity index (χ1v) is 5.74. The standard InChI is InChI=1S/C13H22N2O/c1-12-3-5-13(6-4-12)11-15(2)8-10-16-9-7-14/h3-6H,7-11,14H2,1-2H3. The van der Waals surface area contributed by atoms with Crippen LogP contribution in [0.4, 0.5) is 0 Å². The number of hydrogen-bond donors (Lipinski definition) is 1. The second-order valence-corrected chi connectivity index (χ2v) is 4.12. The Morgan fingerprint density at radius 3 is 2.50 bits per heavy atom. The van der Waals surface area contributed by atoms with Gasteiger partial charge in [0, 0.05) is 19.6 Å². The first kappa shape index (κ1) is 13.2. The van der Waals surface area contributed by atoms with Crippen molar-refractivity contribution >= 4 is 0 Å². The van der Waals surface area contributed by atoms with Crippen LogP contribution < -0.4 is 5.73 Å². The Hall–Kier alpha value is -0.900. The van der Waals surface area contributed by atoms with E-state index in [9.17, 15) is 0 Å². The van der Waals surface area contributed by atoms with E-state index in [1.807, 2.05) is 0 Å². The molecule has 1 aromatic carbocycles. The fraction of sp³-hybridized carbons (Fsp3) is 0.538. The largest absolute Gasteiger partial charge is 0.379 e. The van der Waals surface area contributed by atoms with Crippen LogP contribution in [0.15, 0.2) is 24.3 Å². The van der Waals surface area contributed by atoms with Gasteiger partial charge in [-0.15, -0.1) is 0 Å². The molecule has 0 unspecified atom stereocenters. The molecule has 3 heteroatoms. The van der Waals surface area contributed by atoms with Crippen LogP contribution in [0.25, 0.3) is 0 Å². The zero-order valence-electron chi connectivity index (χ0n) is 10.3. The molecule has 0 aliphatic rings. The normalized spacial score (nSPS) is 11.0. The van der Waals surface area contributed by atoms with Crippen molar-refractivity contribution in [1.29, 1.82) is 0 Å². The number of hydrogen-bond acceptors (Lipinski definition) is 3. The molecule has 2 N–H and O–H groups in total. The maximum atomic E-state index is 5.34. The van der Waals surface area contributed by atoms with E-state index in [0.29, 0.717) is 13.2 Å². The number of ether oxygens (including phenoxy) is 1. The molecule has 90 valence electrons. The minimum absolute atomic E-state index is 0.599. The summed E-state index contributed by atoms with van der Waals surface area (Å²) in [4.78, 5) is 2.25. The van der Waals surface area contributed by atoms with Gasteiger partial charge in [0.15, 0.2) is 0 Å². The Morgan fingerprint density at radius 2 is 1.88 bits per heavy atom. The van der Waals surface area contributed by atoms with Crippen molar-refractivity contribution < 1.29 is 4.74 Å². The Balaban J connectivity index is 2.23. The van der Waals surface area contributed by atoms with Gasteiger partial charge in [-0.3, -0.25) is 4.90 Å². The van der Waals surface area contributed by atoms with Gasteiger partial charge in [0.05, 0.1) is 13.2 Å². The molecule has 0 spiro atoms. The minimum Gasteiger partial charge on any atom is -0.379 e. The van der Waals surface area contributed by atoms with Crippen LogP contribution in [0.1, 0.15) is 11.1 Å². The molecule has 0 fully saturated rings. The molecule has 0 radical (unpaired) electrons. The summed E-state index contributed by atoms with van der Waals surface area (Å²) in [5.74, 6) is 0. The number of aryl methyl sites for hydroxylation is 1. The van der Waals surface area contributed by atoms with E-state index in [0.717, 1.165) is 19.7 Å². The van der Waals surface area contributed by atoms with E-state index < -0.39 is 0 Å². The lowest BCUT2D eigenvalue weighted by molar-refractivity contribution is 0.115. The summed E-state index contributed by atoms with van der Waals surface area (Å²) in [6.07, 6.45) is 0. The van der Waals surface area contributed by atoms with E-state index >= 15 is 0 Å². The Morgan fingerprint density at radius 1 is 1.19 bits per heavy atom. The second-order valence-electron chi connectivity index (χ2n) is 4.12.